The Hall–Kier alpha value is -1.10. The summed E-state index contributed by atoms with van der Waals surface area (Å²) in [6.45, 7) is 0.483. The van der Waals surface area contributed by atoms with E-state index in [4.69, 9.17) is 17.0 Å². The molecule has 0 unspecified atom stereocenters. The molecule has 1 atom stereocenters. The Morgan fingerprint density at radius 2 is 2.36 bits per heavy atom. The minimum Gasteiger partial charge on any atom is -0.330 e. The van der Waals surface area contributed by atoms with Crippen LogP contribution in [0.25, 0.3) is 10.4 Å². The zero-order chi connectivity index (χ0) is 8.69. The molecule has 0 aliphatic carbocycles. The van der Waals surface area contributed by atoms with Crippen LogP contribution in [0, 0.1) is 0 Å². The summed E-state index contributed by atoms with van der Waals surface area (Å²) in [4.78, 5) is 13.0. The number of nitrogens with two attached hydrogens (primary N) is 2. The Bertz CT molecular complexity index is 174. The molecule has 0 saturated heterocycles. The number of hydrogen-bond acceptors (Lipinski definition) is 3. The van der Waals surface area contributed by atoms with Gasteiger partial charge in [0.2, 0.25) is 5.91 Å². The molecule has 0 bridgehead atoms. The third-order valence-electron chi connectivity index (χ3n) is 1.18. The molecule has 0 fully saturated rings. The van der Waals surface area contributed by atoms with Crippen molar-refractivity contribution in [1.82, 2.24) is 0 Å². The zero-order valence-corrected chi connectivity index (χ0v) is 6.10. The monoisotopic (exact) mass is 157 g/mol. The lowest BCUT2D eigenvalue weighted by atomic mass is 10.1. The second-order valence-corrected chi connectivity index (χ2v) is 2.07. The first kappa shape index (κ1) is 9.90. The third kappa shape index (κ3) is 4.32. The number of rotatable bonds is 4. The van der Waals surface area contributed by atoms with Crippen LogP contribution in [-0.4, -0.2) is 18.5 Å². The van der Waals surface area contributed by atoms with Crippen LogP contribution in [0.1, 0.15) is 12.8 Å². The van der Waals surface area contributed by atoms with Gasteiger partial charge in [0.05, 0.1) is 6.04 Å². The Morgan fingerprint density at radius 3 is 2.82 bits per heavy atom. The fraction of sp³-hybridized carbons (Fsp3) is 0.800. The zero-order valence-electron chi connectivity index (χ0n) is 6.10. The van der Waals surface area contributed by atoms with Crippen LogP contribution >= 0.6 is 0 Å². The number of azide groups is 1. The van der Waals surface area contributed by atoms with Crippen LogP contribution < -0.4 is 11.5 Å². The lowest BCUT2D eigenvalue weighted by Crippen LogP contribution is -2.29. The average molecular weight is 157 g/mol. The van der Waals surface area contributed by atoms with E-state index in [2.05, 4.69) is 10.0 Å². The summed E-state index contributed by atoms with van der Waals surface area (Å²) < 4.78 is 0. The second-order valence-electron chi connectivity index (χ2n) is 2.07. The van der Waals surface area contributed by atoms with Crippen molar-refractivity contribution in [2.75, 3.05) is 6.54 Å². The Morgan fingerprint density at radius 1 is 1.73 bits per heavy atom. The van der Waals surface area contributed by atoms with E-state index in [-0.39, 0.29) is 0 Å². The molecule has 0 radical (unpaired) electrons. The van der Waals surface area contributed by atoms with E-state index in [1.165, 1.54) is 0 Å². The summed E-state index contributed by atoms with van der Waals surface area (Å²) in [7, 11) is 0. The number of nitrogens with zero attached hydrogens (tertiary/aromatic N) is 3. The molecule has 0 heterocycles. The summed E-state index contributed by atoms with van der Waals surface area (Å²) >= 11 is 0. The van der Waals surface area contributed by atoms with Gasteiger partial charge in [0.15, 0.2) is 0 Å². The molecule has 11 heavy (non-hydrogen) atoms. The molecule has 0 aromatic rings. The summed E-state index contributed by atoms with van der Waals surface area (Å²) in [6, 6.07) is -0.700. The van der Waals surface area contributed by atoms with Crippen LogP contribution in [0.2, 0.25) is 0 Å². The molecule has 0 aliphatic heterocycles. The van der Waals surface area contributed by atoms with E-state index in [0.29, 0.717) is 19.4 Å². The highest BCUT2D eigenvalue weighted by atomic mass is 16.2. The number of hydrogen-bond donors (Lipinski definition) is 2. The first-order valence-corrected chi connectivity index (χ1v) is 3.27. The molecular weight excluding hydrogens is 146 g/mol. The predicted octanol–water partition coefficient (Wildman–Crippen LogP) is -0.110. The largest absolute Gasteiger partial charge is 0.330 e. The van der Waals surface area contributed by atoms with Crippen molar-refractivity contribution in [2.45, 2.75) is 18.9 Å². The van der Waals surface area contributed by atoms with Gasteiger partial charge in [-0.15, -0.1) is 0 Å². The van der Waals surface area contributed by atoms with Crippen LogP contribution in [0.5, 0.6) is 0 Å². The predicted molar refractivity (Wildman–Crippen MR) is 40.4 cm³/mol. The number of carbonyl (C=O) groups is 1. The van der Waals surface area contributed by atoms with Gasteiger partial charge in [0.25, 0.3) is 0 Å². The SMILES string of the molecule is [N-]=[N+]=NC(=O)[C@@H](N)CCCN. The number of carbonyl (C=O) groups excluding carboxylic acids is 1. The van der Waals surface area contributed by atoms with Gasteiger partial charge in [-0.3, -0.25) is 4.79 Å². The fourth-order valence-corrected chi connectivity index (χ4v) is 0.579. The van der Waals surface area contributed by atoms with Crippen LogP contribution in [-0.2, 0) is 4.79 Å². The number of amides is 1. The third-order valence-corrected chi connectivity index (χ3v) is 1.18. The van der Waals surface area contributed by atoms with Gasteiger partial charge in [-0.05, 0) is 30.0 Å². The topological polar surface area (TPSA) is 118 Å². The molecule has 0 spiro atoms. The summed E-state index contributed by atoms with van der Waals surface area (Å²) in [6.07, 6.45) is 1.13. The molecular formula is C5H11N5O. The normalized spacial score (nSPS) is 11.8. The fourth-order valence-electron chi connectivity index (χ4n) is 0.579. The first-order chi connectivity index (χ1) is 5.22. The van der Waals surface area contributed by atoms with Gasteiger partial charge in [-0.1, -0.05) is 0 Å². The van der Waals surface area contributed by atoms with Gasteiger partial charge in [0, 0.05) is 4.91 Å². The van der Waals surface area contributed by atoms with E-state index in [1.54, 1.807) is 0 Å². The molecule has 0 aromatic heterocycles. The van der Waals surface area contributed by atoms with Crippen molar-refractivity contribution in [3.63, 3.8) is 0 Å². The van der Waals surface area contributed by atoms with Crippen LogP contribution in [0.4, 0.5) is 0 Å². The Kier molecular flexibility index (Phi) is 5.10. The highest BCUT2D eigenvalue weighted by Crippen LogP contribution is 1.94. The van der Waals surface area contributed by atoms with E-state index in [1.807, 2.05) is 0 Å². The highest BCUT2D eigenvalue weighted by molar-refractivity contribution is 5.82. The Balaban J connectivity index is 3.73. The van der Waals surface area contributed by atoms with E-state index >= 15 is 0 Å². The van der Waals surface area contributed by atoms with Gasteiger partial charge in [-0.25, -0.2) is 0 Å². The maximum absolute atomic E-state index is 10.7. The van der Waals surface area contributed by atoms with Crippen molar-refractivity contribution in [3.05, 3.63) is 10.4 Å². The first-order valence-electron chi connectivity index (χ1n) is 3.27. The quantitative estimate of drug-likeness (QED) is 0.336. The molecule has 6 heteroatoms. The smallest absolute Gasteiger partial charge is 0.235 e. The van der Waals surface area contributed by atoms with Gasteiger partial charge in [-0.2, -0.15) is 0 Å². The van der Waals surface area contributed by atoms with E-state index in [9.17, 15) is 4.79 Å². The van der Waals surface area contributed by atoms with Crippen molar-refractivity contribution >= 4 is 5.91 Å². The minimum atomic E-state index is -0.700. The molecule has 6 nitrogen and oxygen atoms in total. The maximum Gasteiger partial charge on any atom is 0.235 e. The van der Waals surface area contributed by atoms with Crippen LogP contribution in [0.3, 0.4) is 0 Å². The standard InChI is InChI=1S/C5H11N5O/c6-3-1-2-4(7)5(11)9-10-8/h4H,1-3,6-7H2/t4-/m0/s1. The molecule has 0 saturated carbocycles. The van der Waals surface area contributed by atoms with E-state index < -0.39 is 11.9 Å². The molecule has 0 rings (SSSR count). The Labute approximate surface area is 64.2 Å². The summed E-state index contributed by atoms with van der Waals surface area (Å²) in [5.41, 5.74) is 18.4. The minimum absolute atomic E-state index is 0.467. The molecule has 0 aromatic carbocycles. The van der Waals surface area contributed by atoms with Gasteiger partial charge >= 0.3 is 0 Å². The lowest BCUT2D eigenvalue weighted by Gasteiger charge is -2.03. The summed E-state index contributed by atoms with van der Waals surface area (Å²) in [5.74, 6) is -0.624. The van der Waals surface area contributed by atoms with Gasteiger partial charge < -0.3 is 11.5 Å². The van der Waals surface area contributed by atoms with Gasteiger partial charge in [0.1, 0.15) is 0 Å². The highest BCUT2D eigenvalue weighted by Gasteiger charge is 2.09. The van der Waals surface area contributed by atoms with Crippen molar-refractivity contribution in [3.8, 4) is 0 Å². The second kappa shape index (κ2) is 5.67. The average Bonchev–Trinajstić information content (AvgIpc) is 2.00. The van der Waals surface area contributed by atoms with Crippen molar-refractivity contribution < 1.29 is 4.79 Å². The van der Waals surface area contributed by atoms with Crippen molar-refractivity contribution in [1.29, 1.82) is 0 Å². The molecule has 0 aliphatic rings. The van der Waals surface area contributed by atoms with E-state index in [0.717, 1.165) is 0 Å². The summed E-state index contributed by atoms with van der Waals surface area (Å²) in [5, 5.41) is 2.85. The van der Waals surface area contributed by atoms with Crippen LogP contribution in [0.15, 0.2) is 5.11 Å². The molecule has 62 valence electrons. The lowest BCUT2D eigenvalue weighted by molar-refractivity contribution is -0.119. The maximum atomic E-state index is 10.7. The molecule has 4 N–H and O–H groups in total. The molecule has 1 amide bonds. The van der Waals surface area contributed by atoms with Crippen molar-refractivity contribution in [2.24, 2.45) is 16.6 Å².